The number of carboxylic acids is 1. The highest BCUT2D eigenvalue weighted by molar-refractivity contribution is 5.70. The second-order valence-corrected chi connectivity index (χ2v) is 26.2. The normalized spacial score (nSPS) is 13.2. The number of hydrogen-bond acceptors (Lipinski definition) is 8. The number of carbonyl (C=O) groups is 3. The van der Waals surface area contributed by atoms with E-state index in [9.17, 15) is 19.5 Å². The molecule has 0 amide bonds. The molecule has 0 aromatic heterocycles. The molecule has 0 heterocycles. The molecule has 0 fully saturated rings. The van der Waals surface area contributed by atoms with E-state index in [2.05, 4.69) is 111 Å². The van der Waals surface area contributed by atoms with Gasteiger partial charge in [0.05, 0.1) is 40.3 Å². The fourth-order valence-electron chi connectivity index (χ4n) is 10.6. The van der Waals surface area contributed by atoms with Gasteiger partial charge in [-0.2, -0.15) is 0 Å². The fourth-order valence-corrected chi connectivity index (χ4v) is 10.6. The zero-order valence-corrected chi connectivity index (χ0v) is 58.8. The van der Waals surface area contributed by atoms with Crippen LogP contribution in [0.15, 0.2) is 97.2 Å². The largest absolute Gasteiger partial charge is 0.545 e. The van der Waals surface area contributed by atoms with Crippen molar-refractivity contribution >= 4 is 17.9 Å². The van der Waals surface area contributed by atoms with Crippen LogP contribution in [0.1, 0.15) is 335 Å². The van der Waals surface area contributed by atoms with E-state index in [0.29, 0.717) is 17.4 Å². The summed E-state index contributed by atoms with van der Waals surface area (Å²) in [6.45, 7) is 4.62. The van der Waals surface area contributed by atoms with E-state index in [1.807, 2.05) is 21.1 Å². The average Bonchev–Trinajstić information content (AvgIpc) is 3.64. The lowest BCUT2D eigenvalue weighted by atomic mass is 10.0. The summed E-state index contributed by atoms with van der Waals surface area (Å²) in [7, 11) is 5.92. The third-order valence-electron chi connectivity index (χ3n) is 16.3. The number of aliphatic carboxylic acids is 1. The van der Waals surface area contributed by atoms with Crippen molar-refractivity contribution in [1.82, 2.24) is 0 Å². The molecule has 9 heteroatoms. The van der Waals surface area contributed by atoms with Crippen molar-refractivity contribution in [3.8, 4) is 0 Å². The van der Waals surface area contributed by atoms with Crippen LogP contribution in [-0.2, 0) is 33.3 Å². The zero-order chi connectivity index (χ0) is 64.7. The summed E-state index contributed by atoms with van der Waals surface area (Å²) in [5.74, 6) is -2.31. The molecule has 0 aromatic rings. The fraction of sp³-hybridized carbons (Fsp3) is 0.762. The predicted octanol–water partition coefficient (Wildman–Crippen LogP) is 22.3. The van der Waals surface area contributed by atoms with Crippen LogP contribution >= 0.6 is 0 Å². The van der Waals surface area contributed by atoms with Gasteiger partial charge in [-0.25, -0.2) is 0 Å². The van der Waals surface area contributed by atoms with Gasteiger partial charge >= 0.3 is 11.9 Å². The van der Waals surface area contributed by atoms with E-state index < -0.39 is 24.3 Å². The maximum atomic E-state index is 12.9. The molecule has 0 bridgehead atoms. The number of nitrogens with zero attached hydrogens (tertiary/aromatic N) is 1. The number of quaternary nitrogens is 1. The molecule has 0 aliphatic heterocycles. The van der Waals surface area contributed by atoms with E-state index in [-0.39, 0.29) is 38.6 Å². The molecular formula is C80H141NO8. The molecule has 89 heavy (non-hydrogen) atoms. The van der Waals surface area contributed by atoms with Crippen molar-refractivity contribution in [2.75, 3.05) is 47.5 Å². The van der Waals surface area contributed by atoms with E-state index in [1.54, 1.807) is 0 Å². The molecule has 2 unspecified atom stereocenters. The number of likely N-dealkylation sites (N-methyl/N-ethyl adjacent to an activating group) is 1. The van der Waals surface area contributed by atoms with Gasteiger partial charge in [-0.15, -0.1) is 0 Å². The van der Waals surface area contributed by atoms with Crippen molar-refractivity contribution < 1.29 is 42.9 Å². The van der Waals surface area contributed by atoms with Crippen molar-refractivity contribution in [1.29, 1.82) is 0 Å². The highest BCUT2D eigenvalue weighted by atomic mass is 16.7. The van der Waals surface area contributed by atoms with Gasteiger partial charge in [-0.05, 0) is 96.3 Å². The lowest BCUT2D eigenvalue weighted by molar-refractivity contribution is -0.870. The molecule has 9 nitrogen and oxygen atoms in total. The SMILES string of the molecule is CC/C=C\C/C=C\C/C=C\C/C=C\C/C=C\C/C=C\CCCCCCC(=O)OC(COC(=O)CCCCCCCCCCCCCCCCCCCCCCCCCCCCCCC/C=C\C/C=C\CCCCCCC)COC(OCC[N+](C)(C)C)C(=O)[O-]. The van der Waals surface area contributed by atoms with Crippen LogP contribution in [0.2, 0.25) is 0 Å². The van der Waals surface area contributed by atoms with Crippen LogP contribution in [0, 0.1) is 0 Å². The highest BCUT2D eigenvalue weighted by Gasteiger charge is 2.22. The Labute approximate surface area is 550 Å². The second-order valence-electron chi connectivity index (χ2n) is 26.2. The third kappa shape index (κ3) is 71.5. The third-order valence-corrected chi connectivity index (χ3v) is 16.3. The number of carbonyl (C=O) groups excluding carboxylic acids is 3. The molecule has 2 atom stereocenters. The number of ether oxygens (including phenoxy) is 4. The van der Waals surface area contributed by atoms with E-state index in [0.717, 1.165) is 89.9 Å². The number of allylic oxidation sites excluding steroid dienone is 16. The molecule has 0 aliphatic carbocycles. The highest BCUT2D eigenvalue weighted by Crippen LogP contribution is 2.18. The monoisotopic (exact) mass is 1240 g/mol. The van der Waals surface area contributed by atoms with Crippen LogP contribution in [0.5, 0.6) is 0 Å². The van der Waals surface area contributed by atoms with Crippen molar-refractivity contribution in [3.63, 3.8) is 0 Å². The summed E-state index contributed by atoms with van der Waals surface area (Å²) < 4.78 is 22.8. The standard InChI is InChI=1S/C80H141NO8/c1-6-8-10-12-14-16-18-20-22-24-26-28-30-31-32-33-34-35-36-37-38-39-40-41-42-43-44-45-46-47-49-50-52-54-56-58-60-62-64-66-68-70-77(82)87-74-76(75-88-80(79(84)85)86-73-72-81(3,4)5)89-78(83)71-69-67-65-63-61-59-57-55-53-51-48-29-27-25-23-21-19-17-15-13-11-9-7-2/h9,11,15,17-18,20-21,23-24,26-27,29,51,53,57,59,76,80H,6-8,10,12-14,16,19,22,25,28,30-50,52,54-56,58,60-75H2,1-5H3/b11-9-,17-15-,20-18-,23-21-,26-24-,29-27-,53-51-,59-57-. The summed E-state index contributed by atoms with van der Waals surface area (Å²) in [6, 6.07) is 0. The molecule has 0 aliphatic rings. The van der Waals surface area contributed by atoms with Crippen molar-refractivity contribution in [2.24, 2.45) is 0 Å². The molecule has 0 saturated heterocycles. The molecular weight excluding hydrogens is 1100 g/mol. The first-order valence-corrected chi connectivity index (χ1v) is 37.4. The van der Waals surface area contributed by atoms with Crippen molar-refractivity contribution in [3.05, 3.63) is 97.2 Å². The maximum Gasteiger partial charge on any atom is 0.306 e. The lowest BCUT2D eigenvalue weighted by Gasteiger charge is -2.26. The molecule has 0 spiro atoms. The van der Waals surface area contributed by atoms with Gasteiger partial charge in [0.25, 0.3) is 0 Å². The quantitative estimate of drug-likeness (QED) is 0.0195. The molecule has 0 rings (SSSR count). The Hall–Kier alpha value is -3.79. The molecule has 0 N–H and O–H groups in total. The van der Waals surface area contributed by atoms with Crippen LogP contribution in [0.3, 0.4) is 0 Å². The molecule has 0 saturated carbocycles. The smallest absolute Gasteiger partial charge is 0.306 e. The average molecular weight is 1250 g/mol. The molecule has 514 valence electrons. The molecule has 0 radical (unpaired) electrons. The van der Waals surface area contributed by atoms with Crippen molar-refractivity contribution in [2.45, 2.75) is 347 Å². The number of rotatable bonds is 69. The molecule has 0 aromatic carbocycles. The minimum absolute atomic E-state index is 0.139. The Morgan fingerprint density at radius 3 is 0.955 bits per heavy atom. The Balaban J connectivity index is 3.99. The van der Waals surface area contributed by atoms with Crippen LogP contribution < -0.4 is 5.11 Å². The second kappa shape index (κ2) is 70.1. The van der Waals surface area contributed by atoms with E-state index >= 15 is 0 Å². The minimum atomic E-state index is -1.63. The number of carboxylic acid groups (broad SMARTS) is 1. The Kier molecular flexibility index (Phi) is 67.1. The summed E-state index contributed by atoms with van der Waals surface area (Å²) in [6.07, 6.45) is 93.9. The van der Waals surface area contributed by atoms with Gasteiger partial charge in [-0.1, -0.05) is 323 Å². The van der Waals surface area contributed by atoms with E-state index in [4.69, 9.17) is 18.9 Å². The Bertz CT molecular complexity index is 1790. The lowest BCUT2D eigenvalue weighted by Crippen LogP contribution is -2.44. The van der Waals surface area contributed by atoms with Gasteiger partial charge in [0.2, 0.25) is 0 Å². The maximum absolute atomic E-state index is 12.9. The number of esters is 2. The van der Waals surface area contributed by atoms with Gasteiger partial charge in [0.15, 0.2) is 12.4 Å². The summed E-state index contributed by atoms with van der Waals surface area (Å²) in [5, 5.41) is 11.8. The number of hydrogen-bond donors (Lipinski definition) is 0. The first-order chi connectivity index (χ1) is 43.6. The summed E-state index contributed by atoms with van der Waals surface area (Å²) >= 11 is 0. The van der Waals surface area contributed by atoms with Gasteiger partial charge in [0.1, 0.15) is 13.2 Å². The van der Waals surface area contributed by atoms with Crippen LogP contribution in [0.4, 0.5) is 0 Å². The van der Waals surface area contributed by atoms with Gasteiger partial charge < -0.3 is 33.3 Å². The zero-order valence-electron chi connectivity index (χ0n) is 58.8. The van der Waals surface area contributed by atoms with Gasteiger partial charge in [-0.3, -0.25) is 9.59 Å². The minimum Gasteiger partial charge on any atom is -0.545 e. The van der Waals surface area contributed by atoms with Crippen LogP contribution in [0.25, 0.3) is 0 Å². The van der Waals surface area contributed by atoms with Gasteiger partial charge in [0, 0.05) is 12.8 Å². The van der Waals surface area contributed by atoms with E-state index in [1.165, 1.54) is 212 Å². The Morgan fingerprint density at radius 2 is 0.640 bits per heavy atom. The predicted molar refractivity (Wildman–Crippen MR) is 380 cm³/mol. The Morgan fingerprint density at radius 1 is 0.348 bits per heavy atom. The number of unbranched alkanes of at least 4 members (excludes halogenated alkanes) is 38. The topological polar surface area (TPSA) is 111 Å². The first kappa shape index (κ1) is 85.2. The summed E-state index contributed by atoms with van der Waals surface area (Å²) in [5.41, 5.74) is 0. The summed E-state index contributed by atoms with van der Waals surface area (Å²) in [4.78, 5) is 37.5. The first-order valence-electron chi connectivity index (χ1n) is 37.4. The van der Waals surface area contributed by atoms with Crippen LogP contribution in [-0.4, -0.2) is 82.3 Å².